The summed E-state index contributed by atoms with van der Waals surface area (Å²) in [5.41, 5.74) is -2.43. The van der Waals surface area contributed by atoms with Crippen molar-refractivity contribution >= 4 is 23.6 Å². The van der Waals surface area contributed by atoms with E-state index in [1.807, 2.05) is 0 Å². The maximum atomic E-state index is 13.7. The first-order valence-corrected chi connectivity index (χ1v) is 14.0. The summed E-state index contributed by atoms with van der Waals surface area (Å²) < 4.78 is 86.7. The van der Waals surface area contributed by atoms with E-state index in [9.17, 15) is 51.3 Å². The van der Waals surface area contributed by atoms with Gasteiger partial charge in [-0.1, -0.05) is 25.0 Å². The molecule has 3 N–H and O–H groups in total. The second-order valence-electron chi connectivity index (χ2n) is 11.5. The number of aliphatic hydroxyl groups is 3. The molecular weight excluding hydrogens is 596 g/mol. The smallest absolute Gasteiger partial charge is 0.416 e. The number of hydrogen-bond acceptors (Lipinski definition) is 6. The molecule has 1 aromatic carbocycles. The van der Waals surface area contributed by atoms with Gasteiger partial charge in [0.25, 0.3) is 0 Å². The molecule has 7 nitrogen and oxygen atoms in total. The highest BCUT2D eigenvalue weighted by atomic mass is 19.4. The minimum atomic E-state index is -5.18. The van der Waals surface area contributed by atoms with Crippen molar-refractivity contribution < 1.29 is 55.7 Å². The Morgan fingerprint density at radius 3 is 2.14 bits per heavy atom. The van der Waals surface area contributed by atoms with Crippen molar-refractivity contribution in [1.82, 2.24) is 0 Å². The molecule has 0 bridgehead atoms. The van der Waals surface area contributed by atoms with E-state index in [2.05, 4.69) is 0 Å². The molecule has 1 saturated heterocycles. The van der Waals surface area contributed by atoms with Crippen molar-refractivity contribution in [3.63, 3.8) is 0 Å². The number of rotatable bonds is 9. The van der Waals surface area contributed by atoms with Crippen LogP contribution in [0.1, 0.15) is 62.7 Å². The maximum Gasteiger partial charge on any atom is 0.416 e. The summed E-state index contributed by atoms with van der Waals surface area (Å²) in [5, 5.41) is 31.0. The number of fused-ring (bicyclic) bond motifs is 1. The van der Waals surface area contributed by atoms with E-state index in [4.69, 9.17) is 4.42 Å². The Morgan fingerprint density at radius 2 is 1.64 bits per heavy atom. The minimum Gasteiger partial charge on any atom is -0.459 e. The van der Waals surface area contributed by atoms with Gasteiger partial charge in [-0.2, -0.15) is 26.3 Å². The van der Waals surface area contributed by atoms with Gasteiger partial charge in [0.2, 0.25) is 11.8 Å². The average Bonchev–Trinajstić information content (AvgIpc) is 3.50. The first-order chi connectivity index (χ1) is 20.5. The number of amides is 2. The third kappa shape index (κ3) is 6.64. The van der Waals surface area contributed by atoms with Crippen molar-refractivity contribution in [3.8, 4) is 0 Å². The third-order valence-corrected chi connectivity index (χ3v) is 8.24. The van der Waals surface area contributed by atoms with Crippen LogP contribution in [0, 0.1) is 23.7 Å². The van der Waals surface area contributed by atoms with Crippen LogP contribution in [0.3, 0.4) is 0 Å². The highest BCUT2D eigenvalue weighted by Crippen LogP contribution is 2.49. The maximum absolute atomic E-state index is 13.7. The number of alkyl halides is 6. The van der Waals surface area contributed by atoms with Crippen LogP contribution in [0.4, 0.5) is 32.0 Å². The number of imide groups is 1. The number of carbonyl (C=O) groups is 2. The molecule has 240 valence electrons. The van der Waals surface area contributed by atoms with E-state index >= 15 is 0 Å². The quantitative estimate of drug-likeness (QED) is 0.175. The van der Waals surface area contributed by atoms with E-state index in [0.717, 1.165) is 5.57 Å². The Labute approximate surface area is 249 Å². The first kappa shape index (κ1) is 33.5. The number of carbonyl (C=O) groups excluding carboxylic acids is 2. The van der Waals surface area contributed by atoms with E-state index in [1.54, 1.807) is 39.0 Å². The molecule has 1 aromatic heterocycles. The highest BCUT2D eigenvalue weighted by Gasteiger charge is 2.56. The lowest BCUT2D eigenvalue weighted by Crippen LogP contribution is -2.40. The third-order valence-electron chi connectivity index (χ3n) is 8.24. The van der Waals surface area contributed by atoms with Crippen LogP contribution in [0.25, 0.3) is 6.08 Å². The zero-order chi connectivity index (χ0) is 32.7. The lowest BCUT2D eigenvalue weighted by Gasteiger charge is -2.38. The van der Waals surface area contributed by atoms with Crippen molar-refractivity contribution in [2.45, 2.75) is 65.1 Å². The number of benzene rings is 1. The topological polar surface area (TPSA) is 111 Å². The van der Waals surface area contributed by atoms with Crippen LogP contribution in [0.15, 0.2) is 51.5 Å². The van der Waals surface area contributed by atoms with Crippen LogP contribution in [0.5, 0.6) is 0 Å². The van der Waals surface area contributed by atoms with Gasteiger partial charge in [-0.25, -0.2) is 4.90 Å². The Balaban J connectivity index is 1.67. The van der Waals surface area contributed by atoms with Crippen molar-refractivity contribution in [2.24, 2.45) is 23.7 Å². The van der Waals surface area contributed by atoms with E-state index in [1.165, 1.54) is 0 Å². The molecule has 0 radical (unpaired) electrons. The van der Waals surface area contributed by atoms with Gasteiger partial charge in [0.1, 0.15) is 18.1 Å². The molecule has 2 aliphatic rings. The van der Waals surface area contributed by atoms with Gasteiger partial charge in [-0.05, 0) is 74.1 Å². The predicted octanol–water partition coefficient (Wildman–Crippen LogP) is 6.12. The second-order valence-corrected chi connectivity index (χ2v) is 11.5. The fourth-order valence-corrected chi connectivity index (χ4v) is 6.16. The molecule has 4 rings (SSSR count). The molecule has 0 spiro atoms. The van der Waals surface area contributed by atoms with E-state index in [0.29, 0.717) is 46.1 Å². The molecule has 1 fully saturated rings. The summed E-state index contributed by atoms with van der Waals surface area (Å²) in [4.78, 5) is 27.6. The van der Waals surface area contributed by atoms with E-state index < -0.39 is 71.4 Å². The zero-order valence-electron chi connectivity index (χ0n) is 24.2. The van der Waals surface area contributed by atoms with Crippen LogP contribution in [-0.4, -0.2) is 39.8 Å². The van der Waals surface area contributed by atoms with Gasteiger partial charge in [0.15, 0.2) is 0 Å². The van der Waals surface area contributed by atoms with Crippen LogP contribution in [-0.2, 0) is 28.5 Å². The largest absolute Gasteiger partial charge is 0.459 e. The summed E-state index contributed by atoms with van der Waals surface area (Å²) >= 11 is 0. The molecule has 1 aliphatic heterocycles. The fraction of sp³-hybridized carbons (Fsp3) is 0.484. The summed E-state index contributed by atoms with van der Waals surface area (Å²) in [6.45, 7) is 4.43. The zero-order valence-corrected chi connectivity index (χ0v) is 24.2. The molecule has 13 heteroatoms. The molecule has 0 unspecified atom stereocenters. The second kappa shape index (κ2) is 12.5. The normalized spacial score (nSPS) is 22.3. The fourth-order valence-electron chi connectivity index (χ4n) is 6.16. The van der Waals surface area contributed by atoms with Gasteiger partial charge in [0.05, 0.1) is 41.4 Å². The Kier molecular flexibility index (Phi) is 9.53. The molecule has 2 amide bonds. The SMILES string of the molecule is C/C(=C\c1ccc(CO)o1)CC[C@@H](O)C1=C(C(C)C)C[C@H]2C(=O)N(c3cc(C(F)(F)F)cc(C(F)(F)F)c3)C(=O)[C@H]2[C@H]1CO. The predicted molar refractivity (Wildman–Crippen MR) is 146 cm³/mol. The molecule has 44 heavy (non-hydrogen) atoms. The summed E-state index contributed by atoms with van der Waals surface area (Å²) in [6.07, 6.45) is -9.34. The Bertz CT molecular complexity index is 1440. The van der Waals surface area contributed by atoms with Gasteiger partial charge >= 0.3 is 12.4 Å². The molecule has 0 saturated carbocycles. The van der Waals surface area contributed by atoms with Crippen molar-refractivity contribution in [1.29, 1.82) is 0 Å². The van der Waals surface area contributed by atoms with Crippen molar-refractivity contribution in [2.75, 3.05) is 11.5 Å². The number of allylic oxidation sites excluding steroid dienone is 2. The number of halogens is 6. The molecule has 1 aliphatic carbocycles. The number of nitrogens with zero attached hydrogens (tertiary/aromatic N) is 1. The van der Waals surface area contributed by atoms with Crippen LogP contribution < -0.4 is 4.90 Å². The Hall–Kier alpha value is -3.42. The molecular formula is C31H33F6NO6. The van der Waals surface area contributed by atoms with Gasteiger partial charge in [-0.15, -0.1) is 0 Å². The van der Waals surface area contributed by atoms with Crippen molar-refractivity contribution in [3.05, 3.63) is 69.7 Å². The van der Waals surface area contributed by atoms with E-state index in [-0.39, 0.29) is 31.4 Å². The lowest BCUT2D eigenvalue weighted by molar-refractivity contribution is -0.143. The highest BCUT2D eigenvalue weighted by molar-refractivity contribution is 6.22. The number of furan rings is 1. The minimum absolute atomic E-state index is 0.0530. The molecule has 2 aromatic rings. The molecule has 2 heterocycles. The summed E-state index contributed by atoms with van der Waals surface area (Å²) in [5.74, 6) is -4.90. The summed E-state index contributed by atoms with van der Waals surface area (Å²) in [6, 6.07) is 3.87. The average molecular weight is 630 g/mol. The number of hydrogen-bond donors (Lipinski definition) is 3. The summed E-state index contributed by atoms with van der Waals surface area (Å²) in [7, 11) is 0. The monoisotopic (exact) mass is 629 g/mol. The van der Waals surface area contributed by atoms with Crippen LogP contribution >= 0.6 is 0 Å². The molecule has 4 atom stereocenters. The van der Waals surface area contributed by atoms with Gasteiger partial charge in [0, 0.05) is 5.92 Å². The lowest BCUT2D eigenvalue weighted by atomic mass is 9.66. The Morgan fingerprint density at radius 1 is 1.02 bits per heavy atom. The van der Waals surface area contributed by atoms with Gasteiger partial charge < -0.3 is 19.7 Å². The standard InChI is InChI=1S/C31H33F6NO6/c1-15(2)22-12-23-27(24(14-40)26(22)25(41)7-4-16(3)8-20-5-6-21(13-39)44-20)29(43)38(28(23)42)19-10-17(30(32,33)34)9-18(11-19)31(35,36)37/h5-6,8-11,15,23-25,27,39-41H,4,7,12-14H2,1-3H3/b16-8+/t23-,24+,25-,27-/m1/s1. The number of aliphatic hydroxyl groups excluding tert-OH is 3. The van der Waals surface area contributed by atoms with Crippen LogP contribution in [0.2, 0.25) is 0 Å². The number of anilines is 1. The first-order valence-electron chi connectivity index (χ1n) is 14.0. The van der Waals surface area contributed by atoms with Gasteiger partial charge in [-0.3, -0.25) is 9.59 Å².